The summed E-state index contributed by atoms with van der Waals surface area (Å²) in [5.41, 5.74) is 0. The minimum atomic E-state index is 0.472. The summed E-state index contributed by atoms with van der Waals surface area (Å²) in [6, 6.07) is 0. The third kappa shape index (κ3) is 5.73. The Morgan fingerprint density at radius 2 is 2.09 bits per heavy atom. The van der Waals surface area contributed by atoms with Gasteiger partial charge in [-0.05, 0) is 6.42 Å². The number of hydrogen-bond donors (Lipinski definition) is 0. The third-order valence-electron chi connectivity index (χ3n) is 1.17. The number of ether oxygens (including phenoxy) is 2. The molecule has 0 N–H and O–H groups in total. The fourth-order valence-corrected chi connectivity index (χ4v) is 0.636. The van der Waals surface area contributed by atoms with Gasteiger partial charge in [0, 0.05) is 20.6 Å². The predicted molar refractivity (Wildman–Crippen MR) is 39.5 cm³/mol. The van der Waals surface area contributed by atoms with Crippen LogP contribution >= 0.6 is 0 Å². The molecule has 0 heterocycles. The molecule has 0 saturated carbocycles. The van der Waals surface area contributed by atoms with Crippen molar-refractivity contribution in [2.75, 3.05) is 20.8 Å². The average Bonchev–Trinajstić information content (AvgIpc) is 2.05. The van der Waals surface area contributed by atoms with Crippen molar-refractivity contribution >= 4 is 6.08 Å². The maximum absolute atomic E-state index is 9.63. The van der Waals surface area contributed by atoms with Crippen LogP contribution in [0.3, 0.4) is 0 Å². The fourth-order valence-electron chi connectivity index (χ4n) is 0.636. The van der Waals surface area contributed by atoms with Gasteiger partial charge in [-0.25, -0.2) is 9.79 Å². The molecule has 63 valence electrons. The van der Waals surface area contributed by atoms with Crippen molar-refractivity contribution < 1.29 is 14.3 Å². The van der Waals surface area contributed by atoms with Crippen molar-refractivity contribution in [3.8, 4) is 0 Å². The number of nitrogens with zero attached hydrogens (tertiary/aromatic N) is 1. The Balaban J connectivity index is 3.27. The highest BCUT2D eigenvalue weighted by atomic mass is 16.7. The molecule has 0 fully saturated rings. The maximum Gasteiger partial charge on any atom is 0.234 e. The van der Waals surface area contributed by atoms with Gasteiger partial charge in [-0.3, -0.25) is 0 Å². The maximum atomic E-state index is 9.63. The summed E-state index contributed by atoms with van der Waals surface area (Å²) >= 11 is 0. The van der Waals surface area contributed by atoms with Gasteiger partial charge in [0.2, 0.25) is 12.4 Å². The van der Waals surface area contributed by atoms with Crippen LogP contribution in [0.4, 0.5) is 0 Å². The summed E-state index contributed by atoms with van der Waals surface area (Å²) in [7, 11) is 3.09. The van der Waals surface area contributed by atoms with Crippen LogP contribution in [0.1, 0.15) is 12.8 Å². The minimum absolute atomic E-state index is 0.472. The van der Waals surface area contributed by atoms with E-state index in [-0.39, 0.29) is 0 Å². The predicted octanol–water partition coefficient (Wildman–Crippen LogP) is 0.885. The van der Waals surface area contributed by atoms with Gasteiger partial charge >= 0.3 is 0 Å². The number of methoxy groups -OCH3 is 2. The summed E-state index contributed by atoms with van der Waals surface area (Å²) in [5, 5.41) is 0. The standard InChI is InChI=1S/C7H12NO3/c1-10-7(11-2)4-3-5-8-6-9/h3-5H2,1-2H3. The molecule has 0 amide bonds. The number of aliphatic imine (C=N–C) groups is 1. The SMILES string of the molecule is CO[C](CCCN=C=O)OC. The smallest absolute Gasteiger partial charge is 0.234 e. The van der Waals surface area contributed by atoms with Crippen molar-refractivity contribution in [3.63, 3.8) is 0 Å². The molecule has 0 rings (SSSR count). The molecule has 0 aromatic carbocycles. The zero-order valence-corrected chi connectivity index (χ0v) is 6.79. The molecular weight excluding hydrogens is 146 g/mol. The van der Waals surface area contributed by atoms with E-state index in [0.717, 1.165) is 6.42 Å². The molecule has 0 bridgehead atoms. The van der Waals surface area contributed by atoms with Gasteiger partial charge in [0.1, 0.15) is 0 Å². The first-order valence-electron chi connectivity index (χ1n) is 3.32. The van der Waals surface area contributed by atoms with Gasteiger partial charge in [-0.2, -0.15) is 0 Å². The zero-order valence-electron chi connectivity index (χ0n) is 6.79. The Hall–Kier alpha value is -0.700. The zero-order chi connectivity index (χ0) is 8.53. The average molecular weight is 158 g/mol. The van der Waals surface area contributed by atoms with Crippen LogP contribution in [-0.4, -0.2) is 26.8 Å². The van der Waals surface area contributed by atoms with Crippen molar-refractivity contribution in [1.29, 1.82) is 0 Å². The first-order valence-corrected chi connectivity index (χ1v) is 3.32. The highest BCUT2D eigenvalue weighted by Gasteiger charge is 2.05. The molecule has 1 radical (unpaired) electrons. The van der Waals surface area contributed by atoms with Crippen molar-refractivity contribution in [2.24, 2.45) is 4.99 Å². The van der Waals surface area contributed by atoms with Gasteiger partial charge in [-0.1, -0.05) is 0 Å². The summed E-state index contributed by atoms with van der Waals surface area (Å²) in [6.07, 6.45) is 3.43. The molecule has 0 saturated heterocycles. The van der Waals surface area contributed by atoms with Gasteiger partial charge in [0.15, 0.2) is 0 Å². The largest absolute Gasteiger partial charge is 0.349 e. The highest BCUT2D eigenvalue weighted by molar-refractivity contribution is 5.32. The topological polar surface area (TPSA) is 47.9 Å². The minimum Gasteiger partial charge on any atom is -0.349 e. The van der Waals surface area contributed by atoms with Crippen LogP contribution in [0.25, 0.3) is 0 Å². The van der Waals surface area contributed by atoms with E-state index in [1.165, 1.54) is 6.08 Å². The van der Waals surface area contributed by atoms with Crippen LogP contribution in [-0.2, 0) is 14.3 Å². The number of carbonyl (C=O) groups excluding carboxylic acids is 1. The monoisotopic (exact) mass is 158 g/mol. The first kappa shape index (κ1) is 10.3. The number of isocyanates is 1. The van der Waals surface area contributed by atoms with Crippen LogP contribution in [0, 0.1) is 6.29 Å². The quantitative estimate of drug-likeness (QED) is 0.327. The van der Waals surface area contributed by atoms with Crippen LogP contribution < -0.4 is 0 Å². The van der Waals surface area contributed by atoms with Gasteiger partial charge in [0.25, 0.3) is 0 Å². The van der Waals surface area contributed by atoms with Crippen LogP contribution in [0.2, 0.25) is 0 Å². The van der Waals surface area contributed by atoms with E-state index in [1.807, 2.05) is 0 Å². The van der Waals surface area contributed by atoms with Crippen LogP contribution in [0.5, 0.6) is 0 Å². The summed E-state index contributed by atoms with van der Waals surface area (Å²) in [4.78, 5) is 13.0. The summed E-state index contributed by atoms with van der Waals surface area (Å²) in [5.74, 6) is 0. The first-order chi connectivity index (χ1) is 5.35. The van der Waals surface area contributed by atoms with Gasteiger partial charge < -0.3 is 9.47 Å². The molecule has 0 spiro atoms. The van der Waals surface area contributed by atoms with E-state index in [9.17, 15) is 4.79 Å². The van der Waals surface area contributed by atoms with E-state index in [2.05, 4.69) is 4.99 Å². The third-order valence-corrected chi connectivity index (χ3v) is 1.17. The van der Waals surface area contributed by atoms with E-state index < -0.39 is 0 Å². The van der Waals surface area contributed by atoms with Gasteiger partial charge in [-0.15, -0.1) is 0 Å². The second-order valence-electron chi connectivity index (χ2n) is 1.86. The van der Waals surface area contributed by atoms with E-state index >= 15 is 0 Å². The Morgan fingerprint density at radius 3 is 2.55 bits per heavy atom. The Kier molecular flexibility index (Phi) is 6.94. The molecule has 0 aromatic heterocycles. The van der Waals surface area contributed by atoms with Crippen LogP contribution in [0.15, 0.2) is 4.99 Å². The second-order valence-corrected chi connectivity index (χ2v) is 1.86. The van der Waals surface area contributed by atoms with E-state index in [4.69, 9.17) is 9.47 Å². The Morgan fingerprint density at radius 1 is 1.45 bits per heavy atom. The normalized spacial score (nSPS) is 9.73. The molecule has 0 unspecified atom stereocenters. The van der Waals surface area contributed by atoms with E-state index in [1.54, 1.807) is 14.2 Å². The second kappa shape index (κ2) is 7.41. The Labute approximate surface area is 66.2 Å². The molecule has 11 heavy (non-hydrogen) atoms. The molecule has 0 aliphatic carbocycles. The lowest BCUT2D eigenvalue weighted by atomic mass is 10.3. The Bertz CT molecular complexity index is 128. The van der Waals surface area contributed by atoms with Crippen molar-refractivity contribution in [2.45, 2.75) is 12.8 Å². The molecule has 0 aromatic rings. The van der Waals surface area contributed by atoms with E-state index in [0.29, 0.717) is 19.3 Å². The lowest BCUT2D eigenvalue weighted by Gasteiger charge is -2.08. The highest BCUT2D eigenvalue weighted by Crippen LogP contribution is 2.09. The van der Waals surface area contributed by atoms with Crippen molar-refractivity contribution in [3.05, 3.63) is 6.29 Å². The fraction of sp³-hybridized carbons (Fsp3) is 0.714. The summed E-state index contributed by atoms with van der Waals surface area (Å²) in [6.45, 7) is 0.472. The van der Waals surface area contributed by atoms with Crippen molar-refractivity contribution in [1.82, 2.24) is 0 Å². The molecule has 4 nitrogen and oxygen atoms in total. The molecule has 0 aliphatic rings. The molecule has 0 aliphatic heterocycles. The lowest BCUT2D eigenvalue weighted by molar-refractivity contribution is -0.00317. The number of hydrogen-bond acceptors (Lipinski definition) is 4. The molecular formula is C7H12NO3. The lowest BCUT2D eigenvalue weighted by Crippen LogP contribution is -2.03. The summed E-state index contributed by atoms with van der Waals surface area (Å²) < 4.78 is 9.67. The molecule has 0 atom stereocenters. The number of rotatable bonds is 6. The van der Waals surface area contributed by atoms with Gasteiger partial charge in [0.05, 0.1) is 6.54 Å². The molecule has 4 heteroatoms.